The summed E-state index contributed by atoms with van der Waals surface area (Å²) in [4.78, 5) is 14.4. The van der Waals surface area contributed by atoms with Crippen molar-refractivity contribution in [1.29, 1.82) is 0 Å². The molecule has 0 aliphatic rings. The number of halogens is 1. The summed E-state index contributed by atoms with van der Waals surface area (Å²) in [6, 6.07) is 10.4. The van der Waals surface area contributed by atoms with Crippen molar-refractivity contribution in [2.75, 3.05) is 7.05 Å². The van der Waals surface area contributed by atoms with Crippen molar-refractivity contribution >= 4 is 21.8 Å². The molecule has 2 rings (SSSR count). The third kappa shape index (κ3) is 3.76. The molecule has 1 heterocycles. The number of carbonyl (C=O) groups is 1. The summed E-state index contributed by atoms with van der Waals surface area (Å²) in [5.74, 6) is 0.0379. The molecule has 4 heteroatoms. The Morgan fingerprint density at radius 3 is 2.67 bits per heavy atom. The number of rotatable bonds is 4. The summed E-state index contributed by atoms with van der Waals surface area (Å²) < 4.78 is 2.93. The highest BCUT2D eigenvalue weighted by Crippen LogP contribution is 2.21. The Balaban J connectivity index is 2.20. The van der Waals surface area contributed by atoms with Gasteiger partial charge in [-0.25, -0.2) is 0 Å². The molecule has 0 saturated carbocycles. The molecule has 0 N–H and O–H groups in total. The number of hydrogen-bond donors (Lipinski definition) is 0. The molecule has 0 aliphatic carbocycles. The van der Waals surface area contributed by atoms with Gasteiger partial charge in [0.2, 0.25) is 0 Å². The fourth-order valence-electron chi connectivity index (χ4n) is 2.40. The van der Waals surface area contributed by atoms with Crippen molar-refractivity contribution in [1.82, 2.24) is 9.47 Å². The first-order chi connectivity index (χ1) is 9.88. The summed E-state index contributed by atoms with van der Waals surface area (Å²) in [6.45, 7) is 6.82. The third-order valence-corrected chi connectivity index (χ3v) is 3.87. The lowest BCUT2D eigenvalue weighted by Crippen LogP contribution is -2.28. The van der Waals surface area contributed by atoms with E-state index < -0.39 is 0 Å². The van der Waals surface area contributed by atoms with Crippen LogP contribution in [0.2, 0.25) is 0 Å². The van der Waals surface area contributed by atoms with E-state index in [1.54, 1.807) is 4.90 Å². The van der Waals surface area contributed by atoms with Crippen molar-refractivity contribution in [2.45, 2.75) is 33.4 Å². The zero-order valence-corrected chi connectivity index (χ0v) is 14.5. The van der Waals surface area contributed by atoms with Gasteiger partial charge in [-0.1, -0.05) is 29.8 Å². The van der Waals surface area contributed by atoms with Gasteiger partial charge in [0, 0.05) is 30.3 Å². The van der Waals surface area contributed by atoms with E-state index in [1.807, 2.05) is 36.0 Å². The van der Waals surface area contributed by atoms with Crippen LogP contribution in [0.1, 0.15) is 41.5 Å². The molecular formula is C17H21BrN2O. The molecule has 0 bridgehead atoms. The zero-order chi connectivity index (χ0) is 15.6. The summed E-state index contributed by atoms with van der Waals surface area (Å²) in [5, 5.41) is 0. The molecule has 0 atom stereocenters. The van der Waals surface area contributed by atoms with E-state index in [4.69, 9.17) is 0 Å². The minimum absolute atomic E-state index is 0.0379. The molecule has 1 amide bonds. The minimum atomic E-state index is 0.0379. The Labute approximate surface area is 134 Å². The third-order valence-electron chi connectivity index (χ3n) is 3.44. The van der Waals surface area contributed by atoms with Crippen LogP contribution in [-0.4, -0.2) is 22.4 Å². The average molecular weight is 349 g/mol. The van der Waals surface area contributed by atoms with Gasteiger partial charge >= 0.3 is 0 Å². The van der Waals surface area contributed by atoms with Gasteiger partial charge in [-0.2, -0.15) is 0 Å². The normalized spacial score (nSPS) is 11.0. The van der Waals surface area contributed by atoms with E-state index in [9.17, 15) is 4.79 Å². The number of carbonyl (C=O) groups excluding carboxylic acids is 1. The first-order valence-corrected chi connectivity index (χ1v) is 7.86. The SMILES string of the molecule is Cc1cccc(CN(C)C(=O)c2cc(Br)cn2C(C)C)c1. The summed E-state index contributed by atoms with van der Waals surface area (Å²) >= 11 is 3.45. The minimum Gasteiger partial charge on any atom is -0.340 e. The quantitative estimate of drug-likeness (QED) is 0.803. The standard InChI is InChI=1S/C17H21BrN2O/c1-12(2)20-11-15(18)9-16(20)17(21)19(4)10-14-7-5-6-13(3)8-14/h5-9,11-12H,10H2,1-4H3. The lowest BCUT2D eigenvalue weighted by atomic mass is 10.1. The van der Waals surface area contributed by atoms with E-state index in [2.05, 4.69) is 48.8 Å². The Kier molecular flexibility index (Phi) is 4.88. The lowest BCUT2D eigenvalue weighted by Gasteiger charge is -2.20. The van der Waals surface area contributed by atoms with Gasteiger partial charge in [0.1, 0.15) is 5.69 Å². The van der Waals surface area contributed by atoms with Crippen LogP contribution < -0.4 is 0 Å². The van der Waals surface area contributed by atoms with Gasteiger partial charge in [0.25, 0.3) is 5.91 Å². The first-order valence-electron chi connectivity index (χ1n) is 7.07. The Bertz CT molecular complexity index is 646. The maximum atomic E-state index is 12.7. The number of aromatic nitrogens is 1. The van der Waals surface area contributed by atoms with E-state index in [1.165, 1.54) is 5.56 Å². The van der Waals surface area contributed by atoms with Crippen LogP contribution in [-0.2, 0) is 6.54 Å². The fourth-order valence-corrected chi connectivity index (χ4v) is 2.83. The van der Waals surface area contributed by atoms with Gasteiger partial charge in [-0.05, 0) is 48.3 Å². The van der Waals surface area contributed by atoms with Gasteiger partial charge in [0.15, 0.2) is 0 Å². The molecule has 0 unspecified atom stereocenters. The van der Waals surface area contributed by atoms with Crippen molar-refractivity contribution in [3.8, 4) is 0 Å². The second-order valence-corrected chi connectivity index (χ2v) is 6.61. The maximum Gasteiger partial charge on any atom is 0.270 e. The molecule has 1 aromatic carbocycles. The Morgan fingerprint density at radius 2 is 2.05 bits per heavy atom. The van der Waals surface area contributed by atoms with E-state index in [0.29, 0.717) is 12.2 Å². The summed E-state index contributed by atoms with van der Waals surface area (Å²) in [7, 11) is 1.84. The molecule has 21 heavy (non-hydrogen) atoms. The molecule has 2 aromatic rings. The van der Waals surface area contributed by atoms with Crippen LogP contribution in [0.5, 0.6) is 0 Å². The molecule has 0 fully saturated rings. The molecule has 1 aromatic heterocycles. The van der Waals surface area contributed by atoms with Crippen molar-refractivity contribution in [3.05, 3.63) is 57.8 Å². The van der Waals surface area contributed by atoms with Crippen LogP contribution in [0.25, 0.3) is 0 Å². The van der Waals surface area contributed by atoms with Crippen LogP contribution in [0.3, 0.4) is 0 Å². The predicted octanol–water partition coefficient (Wildman–Crippen LogP) is 4.41. The van der Waals surface area contributed by atoms with E-state index >= 15 is 0 Å². The molecule has 0 aliphatic heterocycles. The van der Waals surface area contributed by atoms with Gasteiger partial charge in [-0.3, -0.25) is 4.79 Å². The molecule has 112 valence electrons. The Hall–Kier alpha value is -1.55. The Morgan fingerprint density at radius 1 is 1.33 bits per heavy atom. The van der Waals surface area contributed by atoms with E-state index in [0.717, 1.165) is 10.0 Å². The number of aryl methyl sites for hydroxylation is 1. The van der Waals surface area contributed by atoms with Crippen LogP contribution in [0, 0.1) is 6.92 Å². The molecule has 0 spiro atoms. The van der Waals surface area contributed by atoms with Crippen molar-refractivity contribution < 1.29 is 4.79 Å². The molecular weight excluding hydrogens is 328 g/mol. The second-order valence-electron chi connectivity index (χ2n) is 5.69. The number of benzene rings is 1. The molecule has 3 nitrogen and oxygen atoms in total. The van der Waals surface area contributed by atoms with Crippen molar-refractivity contribution in [2.24, 2.45) is 0 Å². The largest absolute Gasteiger partial charge is 0.340 e. The highest BCUT2D eigenvalue weighted by Gasteiger charge is 2.18. The summed E-state index contributed by atoms with van der Waals surface area (Å²) in [5.41, 5.74) is 3.07. The second kappa shape index (κ2) is 6.48. The molecule has 0 radical (unpaired) electrons. The maximum absolute atomic E-state index is 12.7. The van der Waals surface area contributed by atoms with Crippen molar-refractivity contribution in [3.63, 3.8) is 0 Å². The van der Waals surface area contributed by atoms with Gasteiger partial charge in [-0.15, -0.1) is 0 Å². The number of hydrogen-bond acceptors (Lipinski definition) is 1. The highest BCUT2D eigenvalue weighted by atomic mass is 79.9. The topological polar surface area (TPSA) is 25.2 Å². The monoisotopic (exact) mass is 348 g/mol. The van der Waals surface area contributed by atoms with E-state index in [-0.39, 0.29) is 11.9 Å². The number of amides is 1. The highest BCUT2D eigenvalue weighted by molar-refractivity contribution is 9.10. The smallest absolute Gasteiger partial charge is 0.270 e. The molecule has 0 saturated heterocycles. The van der Waals surface area contributed by atoms with Crippen LogP contribution in [0.4, 0.5) is 0 Å². The summed E-state index contributed by atoms with van der Waals surface area (Å²) in [6.07, 6.45) is 1.96. The predicted molar refractivity (Wildman–Crippen MR) is 89.5 cm³/mol. The fraction of sp³-hybridized carbons (Fsp3) is 0.353. The van der Waals surface area contributed by atoms with Gasteiger partial charge < -0.3 is 9.47 Å². The lowest BCUT2D eigenvalue weighted by molar-refractivity contribution is 0.0772. The first kappa shape index (κ1) is 15.8. The number of nitrogens with zero attached hydrogens (tertiary/aromatic N) is 2. The zero-order valence-electron chi connectivity index (χ0n) is 12.9. The van der Waals surface area contributed by atoms with Crippen LogP contribution in [0.15, 0.2) is 41.0 Å². The van der Waals surface area contributed by atoms with Crippen LogP contribution >= 0.6 is 15.9 Å². The van der Waals surface area contributed by atoms with Gasteiger partial charge in [0.05, 0.1) is 0 Å². The average Bonchev–Trinajstić information content (AvgIpc) is 2.80.